The number of hydrogen-bond donors (Lipinski definition) is 0. The largest absolute Gasteiger partial charge is 0.416 e. The van der Waals surface area contributed by atoms with E-state index in [-0.39, 0.29) is 31.0 Å². The molecular formula is C27H24F6N4O3S. The zero-order valence-electron chi connectivity index (χ0n) is 22.0. The Morgan fingerprint density at radius 1 is 1.00 bits per heavy atom. The molecule has 1 amide bonds. The van der Waals surface area contributed by atoms with Gasteiger partial charge >= 0.3 is 6.18 Å². The minimum absolute atomic E-state index is 0.0298. The SMILES string of the molecule is Cc1cc(C(F)(F)F)cc(N2c3ccc(N4CC(S(C)(=O)=O)C4)cc3C[C@H]2C(=O)N(C)c2cc(F)c(F)cc2F)n1. The van der Waals surface area contributed by atoms with Crippen LogP contribution in [0.1, 0.15) is 16.8 Å². The van der Waals surface area contributed by atoms with Crippen LogP contribution in [0.3, 0.4) is 0 Å². The van der Waals surface area contributed by atoms with Crippen molar-refractivity contribution in [1.29, 1.82) is 0 Å². The summed E-state index contributed by atoms with van der Waals surface area (Å²) in [5.41, 5.74) is 0.0930. The topological polar surface area (TPSA) is 73.8 Å². The molecule has 218 valence electrons. The van der Waals surface area contributed by atoms with Gasteiger partial charge in [-0.15, -0.1) is 0 Å². The van der Waals surface area contributed by atoms with Crippen molar-refractivity contribution in [1.82, 2.24) is 4.98 Å². The molecule has 3 aromatic rings. The number of nitrogens with zero attached hydrogens (tertiary/aromatic N) is 4. The predicted molar refractivity (Wildman–Crippen MR) is 141 cm³/mol. The predicted octanol–water partition coefficient (Wildman–Crippen LogP) is 4.79. The Morgan fingerprint density at radius 3 is 2.29 bits per heavy atom. The number of amides is 1. The zero-order chi connectivity index (χ0) is 30.0. The lowest BCUT2D eigenvalue weighted by atomic mass is 10.1. The van der Waals surface area contributed by atoms with Crippen LogP contribution in [0.5, 0.6) is 0 Å². The minimum atomic E-state index is -4.70. The highest BCUT2D eigenvalue weighted by Gasteiger charge is 2.41. The smallest absolute Gasteiger partial charge is 0.369 e. The second kappa shape index (κ2) is 9.93. The number of alkyl halides is 3. The zero-order valence-corrected chi connectivity index (χ0v) is 22.8. The molecule has 0 saturated carbocycles. The van der Waals surface area contributed by atoms with Crippen molar-refractivity contribution in [3.63, 3.8) is 0 Å². The Balaban J connectivity index is 1.56. The summed E-state index contributed by atoms with van der Waals surface area (Å²) in [4.78, 5) is 21.9. The van der Waals surface area contributed by atoms with Crippen LogP contribution in [-0.2, 0) is 27.2 Å². The molecule has 2 aliphatic rings. The molecule has 3 heterocycles. The quantitative estimate of drug-likeness (QED) is 0.311. The minimum Gasteiger partial charge on any atom is -0.369 e. The normalized spacial score (nSPS) is 17.4. The Kier molecular flexibility index (Phi) is 6.95. The van der Waals surface area contributed by atoms with Crippen molar-refractivity contribution in [2.24, 2.45) is 0 Å². The van der Waals surface area contributed by atoms with Crippen molar-refractivity contribution in [2.45, 2.75) is 30.8 Å². The molecule has 0 unspecified atom stereocenters. The van der Waals surface area contributed by atoms with E-state index in [1.165, 1.54) is 11.8 Å². The number of aromatic nitrogens is 1. The number of hydrogen-bond acceptors (Lipinski definition) is 6. The van der Waals surface area contributed by atoms with E-state index in [1.54, 1.807) is 18.2 Å². The summed E-state index contributed by atoms with van der Waals surface area (Å²) in [7, 11) is -2.08. The molecule has 41 heavy (non-hydrogen) atoms. The van der Waals surface area contributed by atoms with Crippen LogP contribution in [0, 0.1) is 24.4 Å². The fraction of sp³-hybridized carbons (Fsp3) is 0.333. The molecule has 0 radical (unpaired) electrons. The van der Waals surface area contributed by atoms with E-state index >= 15 is 0 Å². The maximum absolute atomic E-state index is 14.6. The number of pyridine rings is 1. The highest BCUT2D eigenvalue weighted by atomic mass is 32.2. The number of aryl methyl sites for hydroxylation is 1. The Morgan fingerprint density at radius 2 is 1.66 bits per heavy atom. The number of carbonyl (C=O) groups is 1. The van der Waals surface area contributed by atoms with Gasteiger partial charge in [0.05, 0.1) is 16.5 Å². The number of benzene rings is 2. The van der Waals surface area contributed by atoms with Gasteiger partial charge in [-0.05, 0) is 42.8 Å². The summed E-state index contributed by atoms with van der Waals surface area (Å²) in [6.07, 6.45) is -3.58. The van der Waals surface area contributed by atoms with Crippen molar-refractivity contribution in [3.05, 3.63) is 76.7 Å². The first-order valence-electron chi connectivity index (χ1n) is 12.4. The summed E-state index contributed by atoms with van der Waals surface area (Å²) >= 11 is 0. The monoisotopic (exact) mass is 598 g/mol. The number of fused-ring (bicyclic) bond motifs is 1. The highest BCUT2D eigenvalue weighted by molar-refractivity contribution is 7.91. The molecule has 5 rings (SSSR count). The average Bonchev–Trinajstić information content (AvgIpc) is 3.21. The van der Waals surface area contributed by atoms with Crippen LogP contribution in [-0.4, -0.2) is 57.0 Å². The molecular weight excluding hydrogens is 574 g/mol. The van der Waals surface area contributed by atoms with Crippen molar-refractivity contribution in [2.75, 3.05) is 41.1 Å². The fourth-order valence-corrected chi connectivity index (χ4v) is 5.99. The third-order valence-electron chi connectivity index (χ3n) is 7.35. The first-order valence-corrected chi connectivity index (χ1v) is 14.3. The first kappa shape index (κ1) is 28.7. The van der Waals surface area contributed by atoms with Crippen LogP contribution < -0.4 is 14.7 Å². The number of anilines is 4. The number of rotatable bonds is 5. The Hall–Kier alpha value is -3.81. The van der Waals surface area contributed by atoms with E-state index in [0.29, 0.717) is 29.1 Å². The highest BCUT2D eigenvalue weighted by Crippen LogP contribution is 2.43. The van der Waals surface area contributed by atoms with Crippen LogP contribution in [0.2, 0.25) is 0 Å². The molecule has 2 aliphatic heterocycles. The molecule has 1 fully saturated rings. The molecule has 2 aromatic carbocycles. The fourth-order valence-electron chi connectivity index (χ4n) is 5.08. The summed E-state index contributed by atoms with van der Waals surface area (Å²) < 4.78 is 107. The molecule has 7 nitrogen and oxygen atoms in total. The standard InChI is InChI=1S/C27H24F6N4O3S/c1-14-6-16(27(31,32)33)9-25(34-14)37-22-5-4-17(36-12-18(13-36)41(3,39)40)7-15(22)8-24(37)26(38)35(2)23-11-20(29)19(28)10-21(23)30/h4-7,9-11,18,24H,8,12-13H2,1-3H3/t24-/m0/s1. The van der Waals surface area contributed by atoms with E-state index in [9.17, 15) is 39.6 Å². The summed E-state index contributed by atoms with van der Waals surface area (Å²) in [6, 6.07) is 6.27. The third kappa shape index (κ3) is 5.32. The molecule has 0 bridgehead atoms. The van der Waals surface area contributed by atoms with E-state index in [2.05, 4.69) is 4.98 Å². The van der Waals surface area contributed by atoms with Crippen molar-refractivity contribution in [3.8, 4) is 0 Å². The molecule has 0 aliphatic carbocycles. The number of carbonyl (C=O) groups excluding carboxylic acids is 1. The number of sulfone groups is 1. The molecule has 1 atom stereocenters. The second-order valence-electron chi connectivity index (χ2n) is 10.2. The van der Waals surface area contributed by atoms with Crippen LogP contribution in [0.15, 0.2) is 42.5 Å². The van der Waals surface area contributed by atoms with Crippen LogP contribution in [0.4, 0.5) is 49.2 Å². The van der Waals surface area contributed by atoms with Gasteiger partial charge in [0, 0.05) is 62.0 Å². The van der Waals surface area contributed by atoms with Gasteiger partial charge in [-0.2, -0.15) is 13.2 Å². The second-order valence-corrected chi connectivity index (χ2v) is 12.6. The van der Waals surface area contributed by atoms with Crippen LogP contribution >= 0.6 is 0 Å². The van der Waals surface area contributed by atoms with Crippen molar-refractivity contribution < 1.29 is 39.6 Å². The number of likely N-dealkylation sites (N-methyl/N-ethyl adjacent to an activating group) is 1. The van der Waals surface area contributed by atoms with E-state index in [1.807, 2.05) is 4.90 Å². The van der Waals surface area contributed by atoms with Gasteiger partial charge in [0.2, 0.25) is 5.91 Å². The molecule has 0 N–H and O–H groups in total. The average molecular weight is 599 g/mol. The van der Waals surface area contributed by atoms with Gasteiger partial charge in [-0.3, -0.25) is 4.79 Å². The van der Waals surface area contributed by atoms with E-state index < -0.39 is 61.9 Å². The third-order valence-corrected chi connectivity index (χ3v) is 8.86. The maximum atomic E-state index is 14.6. The van der Waals surface area contributed by atoms with Gasteiger partial charge < -0.3 is 14.7 Å². The van der Waals surface area contributed by atoms with Crippen molar-refractivity contribution >= 4 is 38.6 Å². The molecule has 1 aromatic heterocycles. The van der Waals surface area contributed by atoms with Gasteiger partial charge in [-0.25, -0.2) is 26.6 Å². The Labute approximate surface area is 231 Å². The molecule has 1 saturated heterocycles. The van der Waals surface area contributed by atoms with Gasteiger partial charge in [0.1, 0.15) is 17.7 Å². The molecule has 0 spiro atoms. The molecule has 14 heteroatoms. The van der Waals surface area contributed by atoms with Gasteiger partial charge in [-0.1, -0.05) is 0 Å². The maximum Gasteiger partial charge on any atom is 0.416 e. The first-order chi connectivity index (χ1) is 19.0. The lowest BCUT2D eigenvalue weighted by Crippen LogP contribution is -2.54. The van der Waals surface area contributed by atoms with Gasteiger partial charge in [0.15, 0.2) is 21.5 Å². The lowest BCUT2D eigenvalue weighted by Gasteiger charge is -2.40. The number of halogens is 6. The van der Waals surface area contributed by atoms with E-state index in [0.717, 1.165) is 30.3 Å². The summed E-state index contributed by atoms with van der Waals surface area (Å²) in [5, 5.41) is -0.529. The summed E-state index contributed by atoms with van der Waals surface area (Å²) in [5.74, 6) is -5.00. The van der Waals surface area contributed by atoms with E-state index in [4.69, 9.17) is 0 Å². The van der Waals surface area contributed by atoms with Crippen LogP contribution in [0.25, 0.3) is 0 Å². The lowest BCUT2D eigenvalue weighted by molar-refractivity contribution is -0.137. The summed E-state index contributed by atoms with van der Waals surface area (Å²) in [6.45, 7) is 1.90. The van der Waals surface area contributed by atoms with Gasteiger partial charge in [0.25, 0.3) is 0 Å². The Bertz CT molecular complexity index is 1660.